The minimum atomic E-state index is -5.08. The lowest BCUT2D eigenvalue weighted by Gasteiger charge is -2.19. The number of ether oxygens (including phenoxy) is 2. The fourth-order valence-corrected chi connectivity index (χ4v) is 3.91. The molecule has 33 heavy (non-hydrogen) atoms. The lowest BCUT2D eigenvalue weighted by molar-refractivity contribution is -0.192. The predicted molar refractivity (Wildman–Crippen MR) is 108 cm³/mol. The van der Waals surface area contributed by atoms with Crippen LogP contribution in [0.2, 0.25) is 0 Å². The van der Waals surface area contributed by atoms with Gasteiger partial charge in [0.25, 0.3) is 5.91 Å². The summed E-state index contributed by atoms with van der Waals surface area (Å²) in [5.41, 5.74) is 1.97. The summed E-state index contributed by atoms with van der Waals surface area (Å²) in [6, 6.07) is 5.75. The summed E-state index contributed by atoms with van der Waals surface area (Å²) in [6.07, 6.45) is 1.15. The molecule has 11 heteroatoms. The van der Waals surface area contributed by atoms with Gasteiger partial charge in [0.05, 0.1) is 25.6 Å². The van der Waals surface area contributed by atoms with Crippen LogP contribution < -0.4 is 0 Å². The van der Waals surface area contributed by atoms with Gasteiger partial charge in [-0.05, 0) is 37.0 Å². The van der Waals surface area contributed by atoms with Gasteiger partial charge in [0.2, 0.25) is 0 Å². The second-order valence-corrected chi connectivity index (χ2v) is 7.94. The lowest BCUT2D eigenvalue weighted by Crippen LogP contribution is -2.31. The van der Waals surface area contributed by atoms with Crippen LogP contribution in [-0.4, -0.2) is 65.5 Å². The molecule has 0 aliphatic carbocycles. The molecule has 8 nitrogen and oxygen atoms in total. The number of nitrogens with zero attached hydrogens (tertiary/aromatic N) is 2. The van der Waals surface area contributed by atoms with Gasteiger partial charge in [-0.3, -0.25) is 9.78 Å². The van der Waals surface area contributed by atoms with Crippen molar-refractivity contribution in [3.8, 4) is 0 Å². The van der Waals surface area contributed by atoms with Crippen LogP contribution in [-0.2, 0) is 20.9 Å². The Bertz CT molecular complexity index is 934. The van der Waals surface area contributed by atoms with Crippen molar-refractivity contribution in [2.75, 3.05) is 26.3 Å². The number of rotatable bonds is 6. The Morgan fingerprint density at radius 2 is 2.06 bits per heavy atom. The molecule has 0 unspecified atom stereocenters. The van der Waals surface area contributed by atoms with Crippen LogP contribution in [0.4, 0.5) is 13.2 Å². The quantitative estimate of drug-likeness (QED) is 0.647. The molecule has 0 aromatic carbocycles. The third-order valence-corrected chi connectivity index (χ3v) is 5.65. The van der Waals surface area contributed by atoms with E-state index in [-0.39, 0.29) is 12.0 Å². The normalized spacial score (nSPS) is 21.9. The van der Waals surface area contributed by atoms with Gasteiger partial charge in [0, 0.05) is 43.6 Å². The third kappa shape index (κ3) is 6.55. The van der Waals surface area contributed by atoms with E-state index in [0.29, 0.717) is 37.4 Å². The molecule has 1 N–H and O–H groups in total. The Balaban J connectivity index is 0.000000383. The number of aliphatic carboxylic acids is 1. The fourth-order valence-electron chi connectivity index (χ4n) is 3.91. The highest BCUT2D eigenvalue weighted by Gasteiger charge is 2.45. The van der Waals surface area contributed by atoms with E-state index < -0.39 is 12.1 Å². The van der Waals surface area contributed by atoms with Crippen LogP contribution >= 0.6 is 0 Å². The molecule has 3 atom stereocenters. The maximum atomic E-state index is 12.6. The zero-order valence-electron chi connectivity index (χ0n) is 18.0. The molecule has 2 aromatic heterocycles. The van der Waals surface area contributed by atoms with Gasteiger partial charge < -0.3 is 23.9 Å². The van der Waals surface area contributed by atoms with Gasteiger partial charge in [-0.25, -0.2) is 4.79 Å². The number of carbonyl (C=O) groups is 2. The minimum absolute atomic E-state index is 0.0305. The molecular weight excluding hydrogens is 445 g/mol. The summed E-state index contributed by atoms with van der Waals surface area (Å²) in [7, 11) is 0. The molecule has 2 aliphatic heterocycles. The molecule has 4 heterocycles. The molecule has 2 saturated heterocycles. The van der Waals surface area contributed by atoms with Crippen molar-refractivity contribution in [3.05, 3.63) is 53.7 Å². The molecule has 2 aromatic rings. The van der Waals surface area contributed by atoms with Crippen LogP contribution in [0.15, 0.2) is 41.3 Å². The maximum Gasteiger partial charge on any atom is 0.490 e. The molecular formula is C22H25F3N2O6. The van der Waals surface area contributed by atoms with E-state index in [1.165, 1.54) is 0 Å². The maximum absolute atomic E-state index is 12.6. The van der Waals surface area contributed by atoms with Crippen molar-refractivity contribution >= 4 is 11.9 Å². The first-order valence-corrected chi connectivity index (χ1v) is 10.4. The number of fused-ring (bicyclic) bond motifs is 1. The van der Waals surface area contributed by atoms with Crippen molar-refractivity contribution in [3.63, 3.8) is 0 Å². The van der Waals surface area contributed by atoms with Crippen LogP contribution in [0.25, 0.3) is 0 Å². The number of carbonyl (C=O) groups excluding carboxylic acids is 1. The van der Waals surface area contributed by atoms with Crippen molar-refractivity contribution in [2.24, 2.45) is 11.8 Å². The van der Waals surface area contributed by atoms with E-state index in [2.05, 4.69) is 4.98 Å². The van der Waals surface area contributed by atoms with Crippen molar-refractivity contribution in [1.29, 1.82) is 0 Å². The number of aryl methyl sites for hydroxylation is 1. The Labute approximate surface area is 188 Å². The number of carboxylic acids is 1. The van der Waals surface area contributed by atoms with Crippen LogP contribution in [0.1, 0.15) is 28.1 Å². The summed E-state index contributed by atoms with van der Waals surface area (Å²) < 4.78 is 48.8. The molecule has 0 radical (unpaired) electrons. The zero-order valence-corrected chi connectivity index (χ0v) is 18.0. The van der Waals surface area contributed by atoms with Crippen LogP contribution in [0.5, 0.6) is 0 Å². The van der Waals surface area contributed by atoms with E-state index >= 15 is 0 Å². The highest BCUT2D eigenvalue weighted by molar-refractivity contribution is 5.93. The average molecular weight is 470 g/mol. The number of pyridine rings is 1. The number of alkyl halides is 3. The first kappa shape index (κ1) is 24.7. The Hall–Kier alpha value is -2.92. The molecule has 2 fully saturated rings. The number of likely N-dealkylation sites (tertiary alicyclic amines) is 1. The van der Waals surface area contributed by atoms with Gasteiger partial charge in [0.1, 0.15) is 0 Å². The molecule has 0 bridgehead atoms. The van der Waals surface area contributed by atoms with E-state index in [0.717, 1.165) is 30.7 Å². The smallest absolute Gasteiger partial charge is 0.475 e. The fraction of sp³-hybridized carbons (Fsp3) is 0.500. The van der Waals surface area contributed by atoms with Crippen molar-refractivity contribution < 1.29 is 41.8 Å². The number of aromatic nitrogens is 1. The number of hydrogen-bond acceptors (Lipinski definition) is 6. The summed E-state index contributed by atoms with van der Waals surface area (Å²) in [6.45, 7) is 5.31. The standard InChI is InChI=1S/C20H24N2O4.C2HF3O2/c1-14-4-8-25-19(14)20(23)22-10-17-16(13-26-18(17)11-22)5-7-24-12-15-3-2-6-21-9-15;3-2(4,5)1(6)7/h2-4,6,8-9,16-18H,5,7,10-13H2,1H3;(H,6,7)/t16-,17-,18-;/m0./s1. The Morgan fingerprint density at radius 1 is 1.30 bits per heavy atom. The molecule has 0 saturated carbocycles. The highest BCUT2D eigenvalue weighted by atomic mass is 19.4. The number of hydrogen-bond donors (Lipinski definition) is 1. The minimum Gasteiger partial charge on any atom is -0.475 e. The number of amides is 1. The number of halogens is 3. The first-order chi connectivity index (χ1) is 15.7. The summed E-state index contributed by atoms with van der Waals surface area (Å²) in [5.74, 6) is -1.52. The summed E-state index contributed by atoms with van der Waals surface area (Å²) in [4.78, 5) is 27.5. The lowest BCUT2D eigenvalue weighted by atomic mass is 9.91. The summed E-state index contributed by atoms with van der Waals surface area (Å²) in [5, 5.41) is 7.12. The number of carboxylic acid groups (broad SMARTS) is 1. The van der Waals surface area contributed by atoms with Gasteiger partial charge in [-0.1, -0.05) is 6.07 Å². The molecule has 180 valence electrons. The van der Waals surface area contributed by atoms with Crippen LogP contribution in [0, 0.1) is 18.8 Å². The first-order valence-electron chi connectivity index (χ1n) is 10.4. The Morgan fingerprint density at radius 3 is 2.67 bits per heavy atom. The summed E-state index contributed by atoms with van der Waals surface area (Å²) >= 11 is 0. The van der Waals surface area contributed by atoms with E-state index in [1.54, 1.807) is 12.5 Å². The van der Waals surface area contributed by atoms with Gasteiger partial charge in [0.15, 0.2) is 5.76 Å². The molecule has 4 rings (SSSR count). The average Bonchev–Trinajstić information content (AvgIpc) is 3.48. The second kappa shape index (κ2) is 10.8. The topological polar surface area (TPSA) is 102 Å². The Kier molecular flexibility index (Phi) is 8.09. The van der Waals surface area contributed by atoms with Gasteiger partial charge >= 0.3 is 12.1 Å². The van der Waals surface area contributed by atoms with E-state index in [4.69, 9.17) is 23.8 Å². The monoisotopic (exact) mass is 470 g/mol. The van der Waals surface area contributed by atoms with E-state index in [9.17, 15) is 18.0 Å². The predicted octanol–water partition coefficient (Wildman–Crippen LogP) is 3.31. The second-order valence-electron chi connectivity index (χ2n) is 7.94. The largest absolute Gasteiger partial charge is 0.490 e. The van der Waals surface area contributed by atoms with Gasteiger partial charge in [-0.2, -0.15) is 13.2 Å². The molecule has 1 amide bonds. The van der Waals surface area contributed by atoms with Crippen LogP contribution in [0.3, 0.4) is 0 Å². The van der Waals surface area contributed by atoms with Crippen molar-refractivity contribution in [1.82, 2.24) is 9.88 Å². The molecule has 2 aliphatic rings. The zero-order chi connectivity index (χ0) is 24.0. The van der Waals surface area contributed by atoms with Gasteiger partial charge in [-0.15, -0.1) is 0 Å². The highest BCUT2D eigenvalue weighted by Crippen LogP contribution is 2.36. The molecule has 0 spiro atoms. The number of furan rings is 1. The van der Waals surface area contributed by atoms with Crippen molar-refractivity contribution in [2.45, 2.75) is 32.2 Å². The van der Waals surface area contributed by atoms with E-state index in [1.807, 2.05) is 36.2 Å². The SMILES string of the molecule is Cc1ccoc1C(=O)N1C[C@H]2[C@@H](CCOCc3cccnc3)CO[C@H]2C1.O=C(O)C(F)(F)F. The third-order valence-electron chi connectivity index (χ3n) is 5.65.